The minimum Gasteiger partial charge on any atom is -0.377 e. The molecule has 0 aromatic heterocycles. The Morgan fingerprint density at radius 3 is 2.59 bits per heavy atom. The van der Waals surface area contributed by atoms with Crippen LogP contribution in [0.15, 0.2) is 0 Å². The molecule has 17 heavy (non-hydrogen) atoms. The Labute approximate surface area is 109 Å². The average molecular weight is 285 g/mol. The van der Waals surface area contributed by atoms with E-state index in [-0.39, 0.29) is 36.2 Å². The zero-order valence-corrected chi connectivity index (χ0v) is 11.7. The molecule has 5 nitrogen and oxygen atoms in total. The maximum Gasteiger partial charge on any atom is 0.216 e. The Morgan fingerprint density at radius 2 is 2.12 bits per heavy atom. The van der Waals surface area contributed by atoms with Gasteiger partial charge in [0.25, 0.3) is 0 Å². The van der Waals surface area contributed by atoms with Gasteiger partial charge >= 0.3 is 0 Å². The molecule has 102 valence electrons. The zero-order chi connectivity index (χ0) is 11.8. The van der Waals surface area contributed by atoms with Crippen molar-refractivity contribution in [2.45, 2.75) is 31.9 Å². The van der Waals surface area contributed by atoms with Gasteiger partial charge in [-0.2, -0.15) is 4.31 Å². The van der Waals surface area contributed by atoms with Gasteiger partial charge in [-0.1, -0.05) is 6.92 Å². The van der Waals surface area contributed by atoms with E-state index in [1.165, 1.54) is 4.31 Å². The van der Waals surface area contributed by atoms with E-state index < -0.39 is 10.0 Å². The molecule has 2 heterocycles. The van der Waals surface area contributed by atoms with Crippen molar-refractivity contribution < 1.29 is 13.2 Å². The fourth-order valence-corrected chi connectivity index (χ4v) is 4.09. The van der Waals surface area contributed by atoms with Crippen LogP contribution in [0.1, 0.15) is 19.8 Å². The van der Waals surface area contributed by atoms with Crippen molar-refractivity contribution in [3.63, 3.8) is 0 Å². The fourth-order valence-electron chi connectivity index (χ4n) is 2.29. The van der Waals surface area contributed by atoms with E-state index in [1.807, 2.05) is 6.92 Å². The molecule has 2 N–H and O–H groups in total. The summed E-state index contributed by atoms with van der Waals surface area (Å²) < 4.78 is 31.0. The van der Waals surface area contributed by atoms with Crippen molar-refractivity contribution in [3.8, 4) is 0 Å². The Morgan fingerprint density at radius 1 is 1.41 bits per heavy atom. The summed E-state index contributed by atoms with van der Waals surface area (Å²) in [6.45, 7) is 3.69. The predicted octanol–water partition coefficient (Wildman–Crippen LogP) is 0.196. The topological polar surface area (TPSA) is 72.6 Å². The van der Waals surface area contributed by atoms with E-state index in [9.17, 15) is 8.42 Å². The summed E-state index contributed by atoms with van der Waals surface area (Å²) in [5.74, 6) is 0.367. The number of hydrogen-bond acceptors (Lipinski definition) is 4. The molecular weight excluding hydrogens is 264 g/mol. The normalized spacial score (nSPS) is 34.8. The van der Waals surface area contributed by atoms with Gasteiger partial charge in [-0.3, -0.25) is 0 Å². The summed E-state index contributed by atoms with van der Waals surface area (Å²) in [7, 11) is -3.18. The summed E-state index contributed by atoms with van der Waals surface area (Å²) in [6.07, 6.45) is 1.71. The number of nitrogens with two attached hydrogens (primary N) is 1. The lowest BCUT2D eigenvalue weighted by atomic mass is 10.1. The van der Waals surface area contributed by atoms with Crippen molar-refractivity contribution in [1.82, 2.24) is 4.31 Å². The van der Waals surface area contributed by atoms with Crippen LogP contribution in [0.3, 0.4) is 0 Å². The number of rotatable bonds is 3. The largest absolute Gasteiger partial charge is 0.377 e. The summed E-state index contributed by atoms with van der Waals surface area (Å²) >= 11 is 0. The van der Waals surface area contributed by atoms with Crippen LogP contribution in [0.25, 0.3) is 0 Å². The number of ether oxygens (including phenoxy) is 1. The number of halogens is 1. The minimum atomic E-state index is -3.18. The van der Waals surface area contributed by atoms with Crippen LogP contribution in [-0.4, -0.2) is 50.3 Å². The van der Waals surface area contributed by atoms with Crippen LogP contribution < -0.4 is 5.73 Å². The van der Waals surface area contributed by atoms with Crippen molar-refractivity contribution in [3.05, 3.63) is 0 Å². The lowest BCUT2D eigenvalue weighted by Gasteiger charge is -2.18. The second-order valence-electron chi connectivity index (χ2n) is 4.87. The third kappa shape index (κ3) is 3.54. The van der Waals surface area contributed by atoms with Crippen molar-refractivity contribution in [2.24, 2.45) is 11.7 Å². The second-order valence-corrected chi connectivity index (χ2v) is 6.89. The highest BCUT2D eigenvalue weighted by Gasteiger charge is 2.36. The van der Waals surface area contributed by atoms with E-state index in [2.05, 4.69) is 0 Å². The standard InChI is InChI=1S/C10H20N2O3S.ClH/c1-8-5-12(6-10(8)11)16(13,14)7-9-3-2-4-15-9;/h8-10H,2-7,11H2,1H3;1H. The van der Waals surface area contributed by atoms with Crippen molar-refractivity contribution >= 4 is 22.4 Å². The van der Waals surface area contributed by atoms with Gasteiger partial charge in [0.15, 0.2) is 0 Å². The van der Waals surface area contributed by atoms with Crippen molar-refractivity contribution in [2.75, 3.05) is 25.4 Å². The first-order valence-corrected chi connectivity index (χ1v) is 7.45. The number of sulfonamides is 1. The average Bonchev–Trinajstić information content (AvgIpc) is 2.78. The highest BCUT2D eigenvalue weighted by molar-refractivity contribution is 7.89. The van der Waals surface area contributed by atoms with Gasteiger partial charge in [0.2, 0.25) is 10.0 Å². The molecule has 0 aromatic rings. The molecule has 0 aromatic carbocycles. The van der Waals surface area contributed by atoms with Crippen LogP contribution in [0.4, 0.5) is 0 Å². The van der Waals surface area contributed by atoms with E-state index >= 15 is 0 Å². The van der Waals surface area contributed by atoms with Gasteiger partial charge < -0.3 is 10.5 Å². The SMILES string of the molecule is CC1CN(S(=O)(=O)CC2CCCO2)CC1N.Cl. The van der Waals surface area contributed by atoms with Crippen LogP contribution in [0.2, 0.25) is 0 Å². The molecule has 0 radical (unpaired) electrons. The molecule has 2 aliphatic heterocycles. The summed E-state index contributed by atoms with van der Waals surface area (Å²) in [5, 5.41) is 0. The molecule has 2 saturated heterocycles. The summed E-state index contributed by atoms with van der Waals surface area (Å²) in [5.41, 5.74) is 5.84. The van der Waals surface area contributed by atoms with Gasteiger partial charge in [0, 0.05) is 25.7 Å². The molecule has 0 spiro atoms. The highest BCUT2D eigenvalue weighted by atomic mass is 35.5. The maximum atomic E-state index is 12.1. The maximum absolute atomic E-state index is 12.1. The molecule has 2 aliphatic rings. The Hall–Kier alpha value is 0.120. The molecule has 2 fully saturated rings. The first kappa shape index (κ1) is 15.2. The fraction of sp³-hybridized carbons (Fsp3) is 1.00. The monoisotopic (exact) mass is 284 g/mol. The van der Waals surface area contributed by atoms with E-state index in [1.54, 1.807) is 0 Å². The van der Waals surface area contributed by atoms with Gasteiger partial charge in [-0.25, -0.2) is 8.42 Å². The number of nitrogens with zero attached hydrogens (tertiary/aromatic N) is 1. The van der Waals surface area contributed by atoms with Crippen LogP contribution in [0, 0.1) is 5.92 Å². The first-order chi connectivity index (χ1) is 7.49. The first-order valence-electron chi connectivity index (χ1n) is 5.84. The van der Waals surface area contributed by atoms with Crippen molar-refractivity contribution in [1.29, 1.82) is 0 Å². The molecule has 0 saturated carbocycles. The van der Waals surface area contributed by atoms with Gasteiger partial charge in [0.05, 0.1) is 11.9 Å². The highest BCUT2D eigenvalue weighted by Crippen LogP contribution is 2.21. The van der Waals surface area contributed by atoms with Gasteiger partial charge in [0.1, 0.15) is 0 Å². The molecule has 0 aliphatic carbocycles. The third-order valence-corrected chi connectivity index (χ3v) is 5.33. The summed E-state index contributed by atoms with van der Waals surface area (Å²) in [6, 6.07) is -0.0285. The quantitative estimate of drug-likeness (QED) is 0.803. The Kier molecular flexibility index (Phi) is 5.21. The molecular formula is C10H21ClN2O3S. The molecule has 0 amide bonds. The van der Waals surface area contributed by atoms with E-state index in [0.717, 1.165) is 12.8 Å². The van der Waals surface area contributed by atoms with E-state index in [0.29, 0.717) is 19.7 Å². The predicted molar refractivity (Wildman–Crippen MR) is 68.7 cm³/mol. The van der Waals surface area contributed by atoms with Crippen LogP contribution in [0.5, 0.6) is 0 Å². The van der Waals surface area contributed by atoms with Gasteiger partial charge in [-0.05, 0) is 18.8 Å². The van der Waals surface area contributed by atoms with Gasteiger partial charge in [-0.15, -0.1) is 12.4 Å². The molecule has 3 unspecified atom stereocenters. The third-order valence-electron chi connectivity index (χ3n) is 3.45. The summed E-state index contributed by atoms with van der Waals surface area (Å²) in [4.78, 5) is 0. The second kappa shape index (κ2) is 5.84. The molecule has 2 rings (SSSR count). The number of hydrogen-bond donors (Lipinski definition) is 1. The Balaban J connectivity index is 0.00000144. The lowest BCUT2D eigenvalue weighted by molar-refractivity contribution is 0.126. The smallest absolute Gasteiger partial charge is 0.216 e. The van der Waals surface area contributed by atoms with E-state index in [4.69, 9.17) is 10.5 Å². The van der Waals surface area contributed by atoms with Crippen LogP contribution in [-0.2, 0) is 14.8 Å². The van der Waals surface area contributed by atoms with Crippen LogP contribution >= 0.6 is 12.4 Å². The zero-order valence-electron chi connectivity index (χ0n) is 10.0. The molecule has 3 atom stereocenters. The lowest BCUT2D eigenvalue weighted by Crippen LogP contribution is -2.36. The Bertz CT molecular complexity index is 333. The minimum absolute atomic E-state index is 0. The molecule has 7 heteroatoms. The molecule has 0 bridgehead atoms.